The molecule has 2 saturated heterocycles. The van der Waals surface area contributed by atoms with Gasteiger partial charge in [0.05, 0.1) is 10.6 Å². The molecule has 2 fully saturated rings. The van der Waals surface area contributed by atoms with E-state index in [4.69, 9.17) is 0 Å². The largest absolute Gasteiger partial charge is 0.336 e. The molecular weight excluding hydrogens is 400 g/mol. The Labute approximate surface area is 168 Å². The van der Waals surface area contributed by atoms with Gasteiger partial charge in [0.1, 0.15) is 11.6 Å². The fourth-order valence-corrected chi connectivity index (χ4v) is 5.04. The van der Waals surface area contributed by atoms with Gasteiger partial charge in [0.15, 0.2) is 0 Å². The Bertz CT molecular complexity index is 1050. The number of hydrogen-bond acceptors (Lipinski definition) is 4. The van der Waals surface area contributed by atoms with Gasteiger partial charge in [-0.2, -0.15) is 0 Å². The van der Waals surface area contributed by atoms with Crippen LogP contribution < -0.4 is 4.72 Å². The van der Waals surface area contributed by atoms with Crippen molar-refractivity contribution in [1.29, 1.82) is 0 Å². The molecule has 6 nitrogen and oxygen atoms in total. The second-order valence-electron chi connectivity index (χ2n) is 7.34. The molecule has 2 aliphatic heterocycles. The van der Waals surface area contributed by atoms with Gasteiger partial charge in [-0.15, -0.1) is 0 Å². The summed E-state index contributed by atoms with van der Waals surface area (Å²) < 4.78 is 54.2. The molecule has 9 heteroatoms. The second kappa shape index (κ2) is 7.72. The second-order valence-corrected chi connectivity index (χ2v) is 9.02. The lowest BCUT2D eigenvalue weighted by Gasteiger charge is -2.37. The molecule has 154 valence electrons. The number of carbonyl (C=O) groups excluding carboxylic acids is 1. The minimum Gasteiger partial charge on any atom is -0.336 e. The molecular formula is C20H21F2N3O3S. The zero-order valence-corrected chi connectivity index (χ0v) is 16.5. The van der Waals surface area contributed by atoms with E-state index in [9.17, 15) is 22.0 Å². The highest BCUT2D eigenvalue weighted by Crippen LogP contribution is 2.24. The van der Waals surface area contributed by atoms with Gasteiger partial charge in [-0.1, -0.05) is 6.07 Å². The lowest BCUT2D eigenvalue weighted by Crippen LogP contribution is -2.52. The number of halogens is 2. The van der Waals surface area contributed by atoms with Crippen molar-refractivity contribution in [3.8, 4) is 0 Å². The van der Waals surface area contributed by atoms with Crippen LogP contribution in [-0.4, -0.2) is 56.3 Å². The standard InChI is InChI=1S/C20H21F2N3O3S/c21-15-6-7-19(18(22)12-15)23-29(27,28)17-5-1-3-14(11-17)20(26)25-10-9-24-8-2-4-16(24)13-25/h1,3,5-7,11-12,16,23H,2,4,8-10,13H2/t16-/m0/s1. The summed E-state index contributed by atoms with van der Waals surface area (Å²) in [5.41, 5.74) is -0.0978. The highest BCUT2D eigenvalue weighted by Gasteiger charge is 2.33. The molecule has 29 heavy (non-hydrogen) atoms. The molecule has 1 atom stereocenters. The summed E-state index contributed by atoms with van der Waals surface area (Å²) in [5.74, 6) is -2.04. The van der Waals surface area contributed by atoms with E-state index >= 15 is 0 Å². The summed E-state index contributed by atoms with van der Waals surface area (Å²) in [7, 11) is -4.14. The van der Waals surface area contributed by atoms with Crippen LogP contribution in [0.3, 0.4) is 0 Å². The highest BCUT2D eigenvalue weighted by molar-refractivity contribution is 7.92. The Morgan fingerprint density at radius 1 is 1.07 bits per heavy atom. The third-order valence-electron chi connectivity index (χ3n) is 5.44. The molecule has 2 aliphatic rings. The van der Waals surface area contributed by atoms with Crippen LogP contribution in [0.1, 0.15) is 23.2 Å². The van der Waals surface area contributed by atoms with Crippen molar-refractivity contribution < 1.29 is 22.0 Å². The zero-order chi connectivity index (χ0) is 20.6. The van der Waals surface area contributed by atoms with Gasteiger partial charge in [0.2, 0.25) is 0 Å². The van der Waals surface area contributed by atoms with Crippen LogP contribution >= 0.6 is 0 Å². The van der Waals surface area contributed by atoms with Crippen molar-refractivity contribution in [2.45, 2.75) is 23.8 Å². The molecule has 0 spiro atoms. The average Bonchev–Trinajstić information content (AvgIpc) is 3.17. The predicted molar refractivity (Wildman–Crippen MR) is 104 cm³/mol. The molecule has 0 bridgehead atoms. The number of anilines is 1. The van der Waals surface area contributed by atoms with E-state index in [0.29, 0.717) is 25.2 Å². The number of sulfonamides is 1. The van der Waals surface area contributed by atoms with E-state index in [1.54, 1.807) is 11.0 Å². The molecule has 0 aromatic heterocycles. The third-order valence-corrected chi connectivity index (χ3v) is 6.80. The maximum atomic E-state index is 13.8. The molecule has 0 saturated carbocycles. The zero-order valence-electron chi connectivity index (χ0n) is 15.6. The molecule has 0 unspecified atom stereocenters. The van der Waals surface area contributed by atoms with Crippen molar-refractivity contribution in [2.24, 2.45) is 0 Å². The SMILES string of the molecule is O=C(c1cccc(S(=O)(=O)Nc2ccc(F)cc2F)c1)N1CCN2CCC[C@H]2C1. The third kappa shape index (κ3) is 4.11. The fraction of sp³-hybridized carbons (Fsp3) is 0.350. The predicted octanol–water partition coefficient (Wildman–Crippen LogP) is 2.69. The van der Waals surface area contributed by atoms with E-state index in [2.05, 4.69) is 9.62 Å². The summed E-state index contributed by atoms with van der Waals surface area (Å²) in [6.07, 6.45) is 2.19. The Hall–Kier alpha value is -2.52. The van der Waals surface area contributed by atoms with E-state index in [1.807, 2.05) is 0 Å². The number of rotatable bonds is 4. The molecule has 2 aromatic rings. The summed E-state index contributed by atoms with van der Waals surface area (Å²) in [5, 5.41) is 0. The molecule has 1 amide bonds. The van der Waals surface area contributed by atoms with Crippen LogP contribution in [0.4, 0.5) is 14.5 Å². The maximum absolute atomic E-state index is 13.8. The van der Waals surface area contributed by atoms with E-state index in [-0.39, 0.29) is 22.1 Å². The Balaban J connectivity index is 1.53. The van der Waals surface area contributed by atoms with E-state index in [0.717, 1.165) is 38.1 Å². The monoisotopic (exact) mass is 421 g/mol. The minimum atomic E-state index is -4.14. The number of piperazine rings is 1. The van der Waals surface area contributed by atoms with Gasteiger partial charge >= 0.3 is 0 Å². The summed E-state index contributed by atoms with van der Waals surface area (Å²) in [6.45, 7) is 3.12. The molecule has 2 aromatic carbocycles. The first-order valence-corrected chi connectivity index (χ1v) is 10.9. The van der Waals surface area contributed by atoms with Crippen LogP contribution in [0.15, 0.2) is 47.4 Å². The van der Waals surface area contributed by atoms with Gasteiger partial charge < -0.3 is 4.90 Å². The van der Waals surface area contributed by atoms with Crippen LogP contribution in [-0.2, 0) is 10.0 Å². The molecule has 2 heterocycles. The summed E-state index contributed by atoms with van der Waals surface area (Å²) >= 11 is 0. The number of nitrogens with one attached hydrogen (secondary N) is 1. The maximum Gasteiger partial charge on any atom is 0.262 e. The first-order chi connectivity index (χ1) is 13.8. The molecule has 0 radical (unpaired) electrons. The molecule has 0 aliphatic carbocycles. The average molecular weight is 421 g/mol. The van der Waals surface area contributed by atoms with Gasteiger partial charge in [-0.05, 0) is 49.7 Å². The number of benzene rings is 2. The van der Waals surface area contributed by atoms with Crippen molar-refractivity contribution in [3.05, 3.63) is 59.7 Å². The van der Waals surface area contributed by atoms with E-state index in [1.165, 1.54) is 18.2 Å². The highest BCUT2D eigenvalue weighted by atomic mass is 32.2. The van der Waals surface area contributed by atoms with Crippen LogP contribution in [0, 0.1) is 11.6 Å². The Morgan fingerprint density at radius 3 is 2.69 bits per heavy atom. The lowest BCUT2D eigenvalue weighted by molar-refractivity contribution is 0.0571. The van der Waals surface area contributed by atoms with Crippen LogP contribution in [0.2, 0.25) is 0 Å². The first kappa shape index (κ1) is 19.8. The first-order valence-electron chi connectivity index (χ1n) is 9.45. The quantitative estimate of drug-likeness (QED) is 0.824. The number of amides is 1. The van der Waals surface area contributed by atoms with Gasteiger partial charge in [-0.25, -0.2) is 17.2 Å². The lowest BCUT2D eigenvalue weighted by atomic mass is 10.1. The summed E-state index contributed by atoms with van der Waals surface area (Å²) in [6, 6.07) is 8.60. The number of fused-ring (bicyclic) bond motifs is 1. The normalized spacial score (nSPS) is 19.8. The molecule has 1 N–H and O–H groups in total. The van der Waals surface area contributed by atoms with Crippen molar-refractivity contribution >= 4 is 21.6 Å². The minimum absolute atomic E-state index is 0.161. The van der Waals surface area contributed by atoms with Crippen LogP contribution in [0.25, 0.3) is 0 Å². The molecule has 4 rings (SSSR count). The number of carbonyl (C=O) groups is 1. The van der Waals surface area contributed by atoms with Gasteiger partial charge in [0, 0.05) is 37.3 Å². The summed E-state index contributed by atoms with van der Waals surface area (Å²) in [4.78, 5) is 16.9. The van der Waals surface area contributed by atoms with Crippen molar-refractivity contribution in [2.75, 3.05) is 30.9 Å². The van der Waals surface area contributed by atoms with Gasteiger partial charge in [-0.3, -0.25) is 14.4 Å². The Kier molecular flexibility index (Phi) is 5.26. The van der Waals surface area contributed by atoms with Gasteiger partial charge in [0.25, 0.3) is 15.9 Å². The van der Waals surface area contributed by atoms with E-state index < -0.39 is 21.7 Å². The smallest absolute Gasteiger partial charge is 0.262 e. The number of nitrogens with zero attached hydrogens (tertiary/aromatic N) is 2. The van der Waals surface area contributed by atoms with Crippen LogP contribution in [0.5, 0.6) is 0 Å². The number of hydrogen-bond donors (Lipinski definition) is 1. The van der Waals surface area contributed by atoms with Crippen molar-refractivity contribution in [3.63, 3.8) is 0 Å². The topological polar surface area (TPSA) is 69.7 Å². The van der Waals surface area contributed by atoms with Crippen molar-refractivity contribution in [1.82, 2.24) is 9.80 Å². The fourth-order valence-electron chi connectivity index (χ4n) is 3.93. The Morgan fingerprint density at radius 2 is 1.90 bits per heavy atom.